The monoisotopic (exact) mass is 576 g/mol. The molecule has 5 atom stereocenters. The van der Waals surface area contributed by atoms with E-state index in [0.717, 1.165) is 64.4 Å². The van der Waals surface area contributed by atoms with E-state index in [9.17, 15) is 9.59 Å². The first-order valence-electron chi connectivity index (χ1n) is 16.2. The average molecular weight is 577 g/mol. The SMILES string of the molecule is C/C=C\CC[C@H](C(=O)OC)[C@]1(/C(=C\CC(C)(C)CCC(C)COC2CCCCO2)O[C@@H]2CCCCO2)CCCC1=O. The fourth-order valence-electron chi connectivity index (χ4n) is 6.42. The van der Waals surface area contributed by atoms with Crippen LogP contribution in [0.15, 0.2) is 24.0 Å². The van der Waals surface area contributed by atoms with Crippen LogP contribution in [-0.2, 0) is 33.3 Å². The molecule has 234 valence electrons. The highest BCUT2D eigenvalue weighted by molar-refractivity contribution is 5.94. The highest BCUT2D eigenvalue weighted by Crippen LogP contribution is 2.51. The largest absolute Gasteiger partial charge is 0.469 e. The lowest BCUT2D eigenvalue weighted by molar-refractivity contribution is -0.168. The van der Waals surface area contributed by atoms with Gasteiger partial charge in [0, 0.05) is 19.4 Å². The van der Waals surface area contributed by atoms with Crippen LogP contribution in [0.2, 0.25) is 0 Å². The zero-order chi connectivity index (χ0) is 29.7. The summed E-state index contributed by atoms with van der Waals surface area (Å²) in [6.45, 7) is 10.9. The van der Waals surface area contributed by atoms with E-state index in [4.69, 9.17) is 23.7 Å². The van der Waals surface area contributed by atoms with Crippen LogP contribution in [0.5, 0.6) is 0 Å². The molecule has 3 rings (SSSR count). The molecule has 3 aliphatic rings. The van der Waals surface area contributed by atoms with Crippen LogP contribution in [0, 0.1) is 22.7 Å². The van der Waals surface area contributed by atoms with Gasteiger partial charge in [-0.05, 0) is 101 Å². The topological polar surface area (TPSA) is 80.3 Å². The number of rotatable bonds is 16. The molecule has 1 saturated carbocycles. The van der Waals surface area contributed by atoms with Gasteiger partial charge in [0.15, 0.2) is 12.6 Å². The van der Waals surface area contributed by atoms with Gasteiger partial charge in [0.2, 0.25) is 0 Å². The minimum absolute atomic E-state index is 0.0216. The van der Waals surface area contributed by atoms with Gasteiger partial charge in [0.25, 0.3) is 0 Å². The zero-order valence-electron chi connectivity index (χ0n) is 26.4. The van der Waals surface area contributed by atoms with Crippen molar-refractivity contribution in [3.63, 3.8) is 0 Å². The molecule has 0 N–H and O–H groups in total. The van der Waals surface area contributed by atoms with Crippen LogP contribution >= 0.6 is 0 Å². The van der Waals surface area contributed by atoms with E-state index in [-0.39, 0.29) is 23.5 Å². The minimum Gasteiger partial charge on any atom is -0.469 e. The van der Waals surface area contributed by atoms with Crippen LogP contribution in [0.25, 0.3) is 0 Å². The Morgan fingerprint density at radius 1 is 1.07 bits per heavy atom. The number of hydrogen-bond acceptors (Lipinski definition) is 7. The molecule has 2 saturated heterocycles. The Morgan fingerprint density at radius 2 is 1.78 bits per heavy atom. The summed E-state index contributed by atoms with van der Waals surface area (Å²) < 4.78 is 29.6. The molecule has 3 fully saturated rings. The molecule has 2 heterocycles. The zero-order valence-corrected chi connectivity index (χ0v) is 26.4. The van der Waals surface area contributed by atoms with Crippen LogP contribution in [0.1, 0.15) is 118 Å². The highest BCUT2D eigenvalue weighted by atomic mass is 16.7. The second-order valence-corrected chi connectivity index (χ2v) is 13.1. The number of esters is 1. The predicted octanol–water partition coefficient (Wildman–Crippen LogP) is 7.67. The molecular weight excluding hydrogens is 520 g/mol. The molecule has 0 aromatic heterocycles. The lowest BCUT2D eigenvalue weighted by atomic mass is 9.68. The molecule has 0 aromatic rings. The number of ketones is 1. The van der Waals surface area contributed by atoms with E-state index in [1.807, 2.05) is 19.1 Å². The van der Waals surface area contributed by atoms with E-state index >= 15 is 0 Å². The number of ether oxygens (including phenoxy) is 5. The minimum atomic E-state index is -1.01. The van der Waals surface area contributed by atoms with Crippen molar-refractivity contribution in [2.45, 2.75) is 130 Å². The number of methoxy groups -OCH3 is 1. The first kappa shape index (κ1) is 33.8. The van der Waals surface area contributed by atoms with Crippen molar-refractivity contribution in [2.24, 2.45) is 22.7 Å². The summed E-state index contributed by atoms with van der Waals surface area (Å²) >= 11 is 0. The van der Waals surface area contributed by atoms with E-state index in [1.54, 1.807) is 0 Å². The van der Waals surface area contributed by atoms with Gasteiger partial charge in [-0.25, -0.2) is 0 Å². The van der Waals surface area contributed by atoms with E-state index in [2.05, 4.69) is 26.8 Å². The Balaban J connectivity index is 1.78. The van der Waals surface area contributed by atoms with Crippen molar-refractivity contribution in [1.29, 1.82) is 0 Å². The van der Waals surface area contributed by atoms with Gasteiger partial charge in [0.05, 0.1) is 31.7 Å². The molecule has 0 aromatic carbocycles. The molecule has 0 spiro atoms. The molecule has 7 nitrogen and oxygen atoms in total. The van der Waals surface area contributed by atoms with Crippen molar-refractivity contribution in [1.82, 2.24) is 0 Å². The maximum absolute atomic E-state index is 13.8. The molecule has 0 amide bonds. The van der Waals surface area contributed by atoms with E-state index in [1.165, 1.54) is 13.5 Å². The molecule has 0 bridgehead atoms. The van der Waals surface area contributed by atoms with Gasteiger partial charge < -0.3 is 23.7 Å². The van der Waals surface area contributed by atoms with Gasteiger partial charge in [-0.1, -0.05) is 32.9 Å². The van der Waals surface area contributed by atoms with Crippen molar-refractivity contribution in [2.75, 3.05) is 26.9 Å². The summed E-state index contributed by atoms with van der Waals surface area (Å²) in [5, 5.41) is 0. The highest BCUT2D eigenvalue weighted by Gasteiger charge is 2.55. The molecule has 7 heteroatoms. The lowest BCUT2D eigenvalue weighted by Gasteiger charge is -2.39. The molecule has 1 aliphatic carbocycles. The van der Waals surface area contributed by atoms with Crippen molar-refractivity contribution >= 4 is 11.8 Å². The van der Waals surface area contributed by atoms with Crippen molar-refractivity contribution in [3.8, 4) is 0 Å². The van der Waals surface area contributed by atoms with Crippen molar-refractivity contribution < 1.29 is 33.3 Å². The smallest absolute Gasteiger partial charge is 0.310 e. The first-order chi connectivity index (χ1) is 19.7. The summed E-state index contributed by atoms with van der Waals surface area (Å²) in [7, 11) is 1.42. The number of carbonyl (C=O) groups is 2. The first-order valence-corrected chi connectivity index (χ1v) is 16.2. The predicted molar refractivity (Wildman–Crippen MR) is 160 cm³/mol. The summed E-state index contributed by atoms with van der Waals surface area (Å²) in [5.41, 5.74) is -1.03. The molecule has 2 unspecified atom stereocenters. The van der Waals surface area contributed by atoms with E-state index < -0.39 is 17.6 Å². The quantitative estimate of drug-likeness (QED) is 0.106. The molecule has 2 aliphatic heterocycles. The Kier molecular flexibility index (Phi) is 13.9. The second kappa shape index (κ2) is 16.8. The van der Waals surface area contributed by atoms with Gasteiger partial charge in [-0.2, -0.15) is 0 Å². The van der Waals surface area contributed by atoms with Crippen LogP contribution in [-0.4, -0.2) is 51.3 Å². The molecular formula is C34H56O7. The number of allylic oxidation sites excluding steroid dienone is 4. The summed E-state index contributed by atoms with van der Waals surface area (Å²) in [6.07, 6.45) is 17.6. The van der Waals surface area contributed by atoms with Crippen LogP contribution in [0.3, 0.4) is 0 Å². The van der Waals surface area contributed by atoms with Crippen LogP contribution < -0.4 is 0 Å². The number of hydrogen-bond donors (Lipinski definition) is 0. The second-order valence-electron chi connectivity index (χ2n) is 13.1. The average Bonchev–Trinajstić information content (AvgIpc) is 3.37. The van der Waals surface area contributed by atoms with Crippen LogP contribution in [0.4, 0.5) is 0 Å². The Hall–Kier alpha value is -1.70. The molecule has 0 radical (unpaired) electrons. The van der Waals surface area contributed by atoms with Crippen molar-refractivity contribution in [3.05, 3.63) is 24.0 Å². The Morgan fingerprint density at radius 3 is 2.37 bits per heavy atom. The Labute approximate surface area is 248 Å². The van der Waals surface area contributed by atoms with E-state index in [0.29, 0.717) is 50.6 Å². The fourth-order valence-corrected chi connectivity index (χ4v) is 6.42. The summed E-state index contributed by atoms with van der Waals surface area (Å²) in [5.74, 6) is 0.216. The maximum atomic E-state index is 13.8. The van der Waals surface area contributed by atoms with Gasteiger partial charge in [0.1, 0.15) is 11.5 Å². The summed E-state index contributed by atoms with van der Waals surface area (Å²) in [6, 6.07) is 0. The Bertz CT molecular complexity index is 866. The van der Waals surface area contributed by atoms with Gasteiger partial charge >= 0.3 is 5.97 Å². The maximum Gasteiger partial charge on any atom is 0.310 e. The number of carbonyl (C=O) groups excluding carboxylic acids is 2. The third kappa shape index (κ3) is 9.93. The normalized spacial score (nSPS) is 27.6. The van der Waals surface area contributed by atoms with Gasteiger partial charge in [-0.3, -0.25) is 9.59 Å². The standard InChI is InChI=1S/C34H56O7/c1-6-7-8-14-27(32(36)37-5)34(20-13-15-28(34)35)29(41-31-17-10-12-24-39-31)19-22-33(3,4)21-18-26(2)25-40-30-16-9-11-23-38-30/h6-7,19,26-27,30-31H,8-18,20-25H2,1-5H3/b7-6-,29-19+/t26?,27-,30?,31-,34-/m1/s1. The number of Topliss-reactive ketones (excluding diaryl/α,β-unsaturated/α-hetero) is 1. The fraction of sp³-hybridized carbons (Fsp3) is 0.824. The third-order valence-electron chi connectivity index (χ3n) is 9.11. The van der Waals surface area contributed by atoms with Gasteiger partial charge in [-0.15, -0.1) is 0 Å². The summed E-state index contributed by atoms with van der Waals surface area (Å²) in [4.78, 5) is 27.1. The third-order valence-corrected chi connectivity index (χ3v) is 9.11. The lowest BCUT2D eigenvalue weighted by Crippen LogP contribution is -2.43. The molecule has 41 heavy (non-hydrogen) atoms.